The van der Waals surface area contributed by atoms with Crippen LogP contribution in [0.3, 0.4) is 0 Å². The molecular formula is C23H27Cl2F3N4O2. The summed E-state index contributed by atoms with van der Waals surface area (Å²) in [5.74, 6) is 0.299. The highest BCUT2D eigenvalue weighted by molar-refractivity contribution is 6.28. The maximum absolute atomic E-state index is 13.9. The van der Waals surface area contributed by atoms with Gasteiger partial charge in [-0.2, -0.15) is 18.2 Å². The number of aromatic nitrogens is 3. The lowest BCUT2D eigenvalue weighted by Crippen LogP contribution is -2.28. The van der Waals surface area contributed by atoms with Crippen LogP contribution in [0.2, 0.25) is 5.28 Å². The zero-order valence-corrected chi connectivity index (χ0v) is 20.3. The molecule has 0 amide bonds. The average Bonchev–Trinajstić information content (AvgIpc) is 3.20. The van der Waals surface area contributed by atoms with Gasteiger partial charge >= 0.3 is 6.18 Å². The molecule has 3 heterocycles. The molecule has 1 fully saturated rings. The average molecular weight is 519 g/mol. The molecule has 11 heteroatoms. The number of nitrogens with one attached hydrogen (secondary N) is 1. The predicted molar refractivity (Wildman–Crippen MR) is 128 cm³/mol. The quantitative estimate of drug-likeness (QED) is 0.393. The van der Waals surface area contributed by atoms with Crippen LogP contribution in [-0.2, 0) is 17.5 Å². The molecule has 2 aromatic heterocycles. The van der Waals surface area contributed by atoms with Crippen molar-refractivity contribution in [1.82, 2.24) is 19.9 Å². The maximum atomic E-state index is 13.9. The van der Waals surface area contributed by atoms with Crippen LogP contribution in [0.4, 0.5) is 13.2 Å². The van der Waals surface area contributed by atoms with Gasteiger partial charge in [0.1, 0.15) is 11.4 Å². The lowest BCUT2D eigenvalue weighted by molar-refractivity contribution is -0.138. The fourth-order valence-electron chi connectivity index (χ4n) is 4.16. The van der Waals surface area contributed by atoms with Gasteiger partial charge in [-0.05, 0) is 74.1 Å². The highest BCUT2D eigenvalue weighted by Crippen LogP contribution is 2.40. The number of hydrogen-bond donors (Lipinski definition) is 1. The summed E-state index contributed by atoms with van der Waals surface area (Å²) in [6, 6.07) is 5.79. The van der Waals surface area contributed by atoms with Gasteiger partial charge in [-0.15, -0.1) is 12.4 Å². The maximum Gasteiger partial charge on any atom is 0.419 e. The number of halogens is 5. The molecule has 0 aliphatic carbocycles. The van der Waals surface area contributed by atoms with Crippen LogP contribution >= 0.6 is 24.0 Å². The fraction of sp³-hybridized carbons (Fsp3) is 0.478. The van der Waals surface area contributed by atoms with E-state index < -0.39 is 11.7 Å². The van der Waals surface area contributed by atoms with Crippen molar-refractivity contribution in [1.29, 1.82) is 0 Å². The SMILES string of the molecule is COCCn1ccc2c(-c3ccc(OCCC4CCNCC4)c(C(F)(F)F)c3)nc(Cl)nc21.Cl. The molecule has 0 atom stereocenters. The number of alkyl halides is 3. The summed E-state index contributed by atoms with van der Waals surface area (Å²) in [6.45, 7) is 3.12. The minimum atomic E-state index is -4.57. The molecule has 0 spiro atoms. The summed E-state index contributed by atoms with van der Waals surface area (Å²) < 4.78 is 54.2. The number of hydrogen-bond acceptors (Lipinski definition) is 5. The third-order valence-electron chi connectivity index (χ3n) is 5.93. The van der Waals surface area contributed by atoms with Gasteiger partial charge < -0.3 is 19.4 Å². The van der Waals surface area contributed by atoms with E-state index in [2.05, 4.69) is 15.3 Å². The Morgan fingerprint density at radius 2 is 1.91 bits per heavy atom. The molecule has 1 aliphatic rings. The third-order valence-corrected chi connectivity index (χ3v) is 6.10. The molecule has 1 aliphatic heterocycles. The topological polar surface area (TPSA) is 61.2 Å². The molecule has 186 valence electrons. The summed E-state index contributed by atoms with van der Waals surface area (Å²) >= 11 is 6.12. The summed E-state index contributed by atoms with van der Waals surface area (Å²) in [5.41, 5.74) is 0.352. The molecule has 4 rings (SSSR count). The molecule has 34 heavy (non-hydrogen) atoms. The first-order chi connectivity index (χ1) is 15.9. The van der Waals surface area contributed by atoms with Crippen LogP contribution in [0, 0.1) is 5.92 Å². The first-order valence-corrected chi connectivity index (χ1v) is 11.3. The molecule has 0 bridgehead atoms. The highest BCUT2D eigenvalue weighted by atomic mass is 35.5. The van der Waals surface area contributed by atoms with Crippen LogP contribution in [0.5, 0.6) is 5.75 Å². The standard InChI is InChI=1S/C23H26ClF3N4O2.ClH/c1-32-13-11-31-10-6-17-20(29-22(24)30-21(17)31)16-2-3-19(18(14-16)23(25,26)27)33-12-7-15-4-8-28-9-5-15;/h2-3,6,10,14-15,28H,4-5,7-9,11-13H2,1H3;1H. The number of benzene rings is 1. The van der Waals surface area contributed by atoms with Crippen molar-refractivity contribution in [2.45, 2.75) is 32.0 Å². The van der Waals surface area contributed by atoms with Crippen LogP contribution in [0.15, 0.2) is 30.5 Å². The number of piperidine rings is 1. The molecule has 0 unspecified atom stereocenters. The molecule has 1 saturated heterocycles. The Morgan fingerprint density at radius 3 is 2.62 bits per heavy atom. The van der Waals surface area contributed by atoms with E-state index in [4.69, 9.17) is 21.1 Å². The van der Waals surface area contributed by atoms with Crippen molar-refractivity contribution in [2.24, 2.45) is 5.92 Å². The van der Waals surface area contributed by atoms with Gasteiger partial charge in [-0.3, -0.25) is 0 Å². The van der Waals surface area contributed by atoms with Crippen LogP contribution in [-0.4, -0.2) is 47.9 Å². The van der Waals surface area contributed by atoms with Gasteiger partial charge in [0.25, 0.3) is 0 Å². The molecule has 3 aromatic rings. The third kappa shape index (κ3) is 6.13. The molecule has 0 radical (unpaired) electrons. The lowest BCUT2D eigenvalue weighted by atomic mass is 9.95. The normalized spacial score (nSPS) is 14.9. The van der Waals surface area contributed by atoms with Gasteiger partial charge in [0, 0.05) is 30.8 Å². The minimum absolute atomic E-state index is 0. The van der Waals surface area contributed by atoms with Crippen molar-refractivity contribution in [2.75, 3.05) is 33.4 Å². The molecule has 0 saturated carbocycles. The highest BCUT2D eigenvalue weighted by Gasteiger charge is 2.35. The molecular weight excluding hydrogens is 492 g/mol. The van der Waals surface area contributed by atoms with E-state index in [0.29, 0.717) is 41.4 Å². The largest absolute Gasteiger partial charge is 0.493 e. The van der Waals surface area contributed by atoms with Gasteiger partial charge in [0.15, 0.2) is 0 Å². The Morgan fingerprint density at radius 1 is 1.15 bits per heavy atom. The first kappa shape index (κ1) is 26.5. The monoisotopic (exact) mass is 518 g/mol. The number of nitrogens with zero attached hydrogens (tertiary/aromatic N) is 3. The van der Waals surface area contributed by atoms with E-state index in [-0.39, 0.29) is 30.0 Å². The summed E-state index contributed by atoms with van der Waals surface area (Å²) in [6.07, 6.45) is -0.00866. The summed E-state index contributed by atoms with van der Waals surface area (Å²) in [5, 5.41) is 3.86. The predicted octanol–water partition coefficient (Wildman–Crippen LogP) is 5.61. The van der Waals surface area contributed by atoms with Crippen molar-refractivity contribution >= 4 is 35.0 Å². The van der Waals surface area contributed by atoms with E-state index in [1.165, 1.54) is 6.07 Å². The number of methoxy groups -OCH3 is 1. The number of rotatable bonds is 8. The molecule has 6 nitrogen and oxygen atoms in total. The van der Waals surface area contributed by atoms with E-state index >= 15 is 0 Å². The van der Waals surface area contributed by atoms with Crippen molar-refractivity contribution in [3.8, 4) is 17.0 Å². The zero-order chi connectivity index (χ0) is 23.4. The lowest BCUT2D eigenvalue weighted by Gasteiger charge is -2.23. The molecule has 1 aromatic carbocycles. The number of fused-ring (bicyclic) bond motifs is 1. The van der Waals surface area contributed by atoms with E-state index in [0.717, 1.165) is 38.4 Å². The zero-order valence-electron chi connectivity index (χ0n) is 18.7. The van der Waals surface area contributed by atoms with Gasteiger partial charge in [-0.1, -0.05) is 0 Å². The Labute approximate surface area is 207 Å². The van der Waals surface area contributed by atoms with Gasteiger partial charge in [0.05, 0.1) is 24.5 Å². The Kier molecular flexibility index (Phi) is 9.03. The fourth-order valence-corrected chi connectivity index (χ4v) is 4.32. The smallest absolute Gasteiger partial charge is 0.419 e. The van der Waals surface area contributed by atoms with Crippen molar-refractivity contribution in [3.63, 3.8) is 0 Å². The Balaban J connectivity index is 0.00000324. The van der Waals surface area contributed by atoms with Gasteiger partial charge in [-0.25, -0.2) is 4.98 Å². The van der Waals surface area contributed by atoms with Crippen molar-refractivity contribution in [3.05, 3.63) is 41.3 Å². The Hall–Kier alpha value is -2.07. The van der Waals surface area contributed by atoms with E-state index in [9.17, 15) is 13.2 Å². The molecule has 1 N–H and O–H groups in total. The van der Waals surface area contributed by atoms with Gasteiger partial charge in [0.2, 0.25) is 5.28 Å². The first-order valence-electron chi connectivity index (χ1n) is 10.9. The summed E-state index contributed by atoms with van der Waals surface area (Å²) in [7, 11) is 1.59. The van der Waals surface area contributed by atoms with Crippen LogP contribution < -0.4 is 10.1 Å². The van der Waals surface area contributed by atoms with Crippen LogP contribution in [0.25, 0.3) is 22.3 Å². The summed E-state index contributed by atoms with van der Waals surface area (Å²) in [4.78, 5) is 8.50. The minimum Gasteiger partial charge on any atom is -0.493 e. The second-order valence-corrected chi connectivity index (χ2v) is 8.46. The number of ether oxygens (including phenoxy) is 2. The van der Waals surface area contributed by atoms with E-state index in [1.807, 2.05) is 4.57 Å². The van der Waals surface area contributed by atoms with Crippen LogP contribution in [0.1, 0.15) is 24.8 Å². The second kappa shape index (κ2) is 11.6. The van der Waals surface area contributed by atoms with E-state index in [1.54, 1.807) is 25.4 Å². The van der Waals surface area contributed by atoms with Crippen molar-refractivity contribution < 1.29 is 22.6 Å². The second-order valence-electron chi connectivity index (χ2n) is 8.12. The Bertz CT molecular complexity index is 1100.